The van der Waals surface area contributed by atoms with E-state index in [2.05, 4.69) is 10.5 Å². The fourth-order valence-electron chi connectivity index (χ4n) is 2.91. The Morgan fingerprint density at radius 3 is 2.53 bits per heavy atom. The van der Waals surface area contributed by atoms with Crippen LogP contribution in [-0.4, -0.2) is 43.9 Å². The number of methoxy groups -OCH3 is 1. The second-order valence-corrected chi connectivity index (χ2v) is 6.71. The molecule has 1 aromatic heterocycles. The summed E-state index contributed by atoms with van der Waals surface area (Å²) in [5.74, 6) is -0.0283. The van der Waals surface area contributed by atoms with Crippen LogP contribution in [0.25, 0.3) is 10.8 Å². The van der Waals surface area contributed by atoms with Gasteiger partial charge in [-0.15, -0.1) is 0 Å². The molecule has 0 atom stereocenters. The second kappa shape index (κ2) is 9.89. The number of nitrogens with zero attached hydrogens (tertiary/aromatic N) is 1. The number of benzene rings is 2. The van der Waals surface area contributed by atoms with Crippen molar-refractivity contribution in [3.8, 4) is 5.75 Å². The molecule has 0 saturated heterocycles. The third-order valence-electron chi connectivity index (χ3n) is 4.58. The highest BCUT2D eigenvalue weighted by atomic mass is 16.5. The van der Waals surface area contributed by atoms with Gasteiger partial charge < -0.3 is 24.1 Å². The van der Waals surface area contributed by atoms with Crippen LogP contribution in [0.3, 0.4) is 0 Å². The van der Waals surface area contributed by atoms with Gasteiger partial charge in [0.2, 0.25) is 0 Å². The number of carbonyl (C=O) groups excluding carboxylic acids is 2. The summed E-state index contributed by atoms with van der Waals surface area (Å²) in [5, 5.41) is 8.29. The molecule has 1 amide bonds. The first-order valence-electron chi connectivity index (χ1n) is 9.49. The van der Waals surface area contributed by atoms with Gasteiger partial charge in [-0.25, -0.2) is 4.79 Å². The van der Waals surface area contributed by atoms with E-state index in [0.717, 1.165) is 22.0 Å². The van der Waals surface area contributed by atoms with Gasteiger partial charge in [0.25, 0.3) is 5.91 Å². The van der Waals surface area contributed by atoms with Crippen molar-refractivity contribution in [3.63, 3.8) is 0 Å². The zero-order valence-electron chi connectivity index (χ0n) is 17.2. The van der Waals surface area contributed by atoms with Crippen molar-refractivity contribution in [1.82, 2.24) is 10.5 Å². The van der Waals surface area contributed by atoms with E-state index in [1.807, 2.05) is 31.2 Å². The Labute approximate surface area is 174 Å². The van der Waals surface area contributed by atoms with E-state index in [-0.39, 0.29) is 12.2 Å². The molecule has 0 fully saturated rings. The lowest BCUT2D eigenvalue weighted by molar-refractivity contribution is -0.124. The molecule has 0 aliphatic heterocycles. The average Bonchev–Trinajstić information content (AvgIpc) is 3.07. The number of aromatic nitrogens is 1. The number of rotatable bonds is 9. The maximum atomic E-state index is 12.7. The highest BCUT2D eigenvalue weighted by molar-refractivity contribution is 5.99. The van der Waals surface area contributed by atoms with Gasteiger partial charge in [0.05, 0.1) is 17.9 Å². The maximum absolute atomic E-state index is 12.7. The highest BCUT2D eigenvalue weighted by Gasteiger charge is 2.18. The number of amides is 1. The zero-order valence-corrected chi connectivity index (χ0v) is 17.2. The SMILES string of the molecule is COCCNC(=O)COC(=O)c1cc2ccccc2cc1OCc1c(C)noc1C. The van der Waals surface area contributed by atoms with E-state index in [1.54, 1.807) is 19.1 Å². The number of esters is 1. The fraction of sp³-hybridized carbons (Fsp3) is 0.318. The molecule has 0 radical (unpaired) electrons. The van der Waals surface area contributed by atoms with E-state index in [4.69, 9.17) is 18.7 Å². The normalized spacial score (nSPS) is 10.8. The molecule has 0 saturated carbocycles. The van der Waals surface area contributed by atoms with Crippen molar-refractivity contribution in [3.05, 3.63) is 59.0 Å². The van der Waals surface area contributed by atoms with Crippen molar-refractivity contribution in [1.29, 1.82) is 0 Å². The number of carbonyl (C=O) groups is 2. The van der Waals surface area contributed by atoms with Gasteiger partial charge in [0.1, 0.15) is 23.7 Å². The molecule has 2 aromatic carbocycles. The average molecular weight is 412 g/mol. The van der Waals surface area contributed by atoms with Crippen molar-refractivity contribution < 1.29 is 28.3 Å². The lowest BCUT2D eigenvalue weighted by Gasteiger charge is -2.13. The molecule has 0 aliphatic carbocycles. The van der Waals surface area contributed by atoms with E-state index >= 15 is 0 Å². The van der Waals surface area contributed by atoms with E-state index in [9.17, 15) is 9.59 Å². The molecular weight excluding hydrogens is 388 g/mol. The van der Waals surface area contributed by atoms with Gasteiger partial charge in [0.15, 0.2) is 6.61 Å². The predicted molar refractivity (Wildman–Crippen MR) is 109 cm³/mol. The summed E-state index contributed by atoms with van der Waals surface area (Å²) < 4.78 is 21.2. The summed E-state index contributed by atoms with van der Waals surface area (Å²) in [7, 11) is 1.54. The molecule has 158 valence electrons. The summed E-state index contributed by atoms with van der Waals surface area (Å²) in [6, 6.07) is 11.1. The third-order valence-corrected chi connectivity index (χ3v) is 4.58. The fourth-order valence-corrected chi connectivity index (χ4v) is 2.91. The quantitative estimate of drug-likeness (QED) is 0.426. The number of hydrogen-bond acceptors (Lipinski definition) is 7. The minimum Gasteiger partial charge on any atom is -0.488 e. The molecule has 1 N–H and O–H groups in total. The van der Waals surface area contributed by atoms with Crippen molar-refractivity contribution in [2.45, 2.75) is 20.5 Å². The molecule has 0 spiro atoms. The standard InChI is InChI=1S/C22H24N2O6/c1-14-19(15(2)30-24-14)12-28-20-11-17-7-5-4-6-16(17)10-18(20)22(26)29-13-21(25)23-8-9-27-3/h4-7,10-11H,8-9,12-13H2,1-3H3,(H,23,25). The van der Waals surface area contributed by atoms with Crippen LogP contribution in [0, 0.1) is 13.8 Å². The molecule has 0 unspecified atom stereocenters. The van der Waals surface area contributed by atoms with Crippen molar-refractivity contribution >= 4 is 22.6 Å². The smallest absolute Gasteiger partial charge is 0.342 e. The second-order valence-electron chi connectivity index (χ2n) is 6.71. The molecule has 30 heavy (non-hydrogen) atoms. The first-order chi connectivity index (χ1) is 14.5. The Morgan fingerprint density at radius 1 is 1.13 bits per heavy atom. The van der Waals surface area contributed by atoms with Crippen LogP contribution in [0.2, 0.25) is 0 Å². The topological polar surface area (TPSA) is 99.9 Å². The van der Waals surface area contributed by atoms with Crippen LogP contribution in [0.4, 0.5) is 0 Å². The van der Waals surface area contributed by atoms with Crippen LogP contribution in [-0.2, 0) is 20.9 Å². The van der Waals surface area contributed by atoms with Crippen LogP contribution in [0.1, 0.15) is 27.4 Å². The summed E-state index contributed by atoms with van der Waals surface area (Å²) in [6.07, 6.45) is 0. The molecule has 0 bridgehead atoms. The Morgan fingerprint density at radius 2 is 1.87 bits per heavy atom. The largest absolute Gasteiger partial charge is 0.488 e. The number of aryl methyl sites for hydroxylation is 2. The number of ether oxygens (including phenoxy) is 3. The van der Waals surface area contributed by atoms with Gasteiger partial charge in [0, 0.05) is 13.7 Å². The predicted octanol–water partition coefficient (Wildman–Crippen LogP) is 2.94. The van der Waals surface area contributed by atoms with E-state index < -0.39 is 18.5 Å². The number of nitrogens with one attached hydrogen (secondary N) is 1. The van der Waals surface area contributed by atoms with Crippen LogP contribution < -0.4 is 10.1 Å². The monoisotopic (exact) mass is 412 g/mol. The molecule has 3 rings (SSSR count). The highest BCUT2D eigenvalue weighted by Crippen LogP contribution is 2.28. The summed E-state index contributed by atoms with van der Waals surface area (Å²) in [5.41, 5.74) is 1.79. The van der Waals surface area contributed by atoms with Gasteiger partial charge >= 0.3 is 5.97 Å². The Hall–Kier alpha value is -3.39. The van der Waals surface area contributed by atoms with Crippen molar-refractivity contribution in [2.75, 3.05) is 26.9 Å². The molecule has 0 aliphatic rings. The van der Waals surface area contributed by atoms with E-state index in [1.165, 1.54) is 7.11 Å². The first kappa shape index (κ1) is 21.3. The Bertz CT molecular complexity index is 1020. The minimum absolute atomic E-state index is 0.192. The van der Waals surface area contributed by atoms with Crippen molar-refractivity contribution in [2.24, 2.45) is 0 Å². The number of fused-ring (bicyclic) bond motifs is 1. The molecule has 1 heterocycles. The minimum atomic E-state index is -0.642. The molecular formula is C22H24N2O6. The van der Waals surface area contributed by atoms with Gasteiger partial charge in [-0.2, -0.15) is 0 Å². The third kappa shape index (κ3) is 5.15. The lowest BCUT2D eigenvalue weighted by Crippen LogP contribution is -2.31. The van der Waals surface area contributed by atoms with Gasteiger partial charge in [-0.05, 0) is 36.8 Å². The van der Waals surface area contributed by atoms with Gasteiger partial charge in [-0.3, -0.25) is 4.79 Å². The lowest BCUT2D eigenvalue weighted by atomic mass is 10.1. The first-order valence-corrected chi connectivity index (χ1v) is 9.49. The van der Waals surface area contributed by atoms with Gasteiger partial charge in [-0.1, -0.05) is 29.4 Å². The summed E-state index contributed by atoms with van der Waals surface area (Å²) in [6.45, 7) is 4.15. The van der Waals surface area contributed by atoms with Crippen LogP contribution in [0.5, 0.6) is 5.75 Å². The Balaban J connectivity index is 1.78. The van der Waals surface area contributed by atoms with Crippen LogP contribution in [0.15, 0.2) is 40.9 Å². The zero-order chi connectivity index (χ0) is 21.5. The molecule has 8 nitrogen and oxygen atoms in total. The number of hydrogen-bond donors (Lipinski definition) is 1. The summed E-state index contributed by atoms with van der Waals surface area (Å²) >= 11 is 0. The summed E-state index contributed by atoms with van der Waals surface area (Å²) in [4.78, 5) is 24.5. The van der Waals surface area contributed by atoms with Crippen LogP contribution >= 0.6 is 0 Å². The molecule has 8 heteroatoms. The molecule has 3 aromatic rings. The maximum Gasteiger partial charge on any atom is 0.342 e. The van der Waals surface area contributed by atoms with E-state index in [0.29, 0.717) is 24.7 Å². The Kier molecular flexibility index (Phi) is 7.03.